The first-order valence-corrected chi connectivity index (χ1v) is 8.44. The van der Waals surface area contributed by atoms with Gasteiger partial charge in [0, 0.05) is 19.2 Å². The van der Waals surface area contributed by atoms with Crippen LogP contribution < -0.4 is 15.4 Å². The molecule has 1 N–H and O–H groups in total. The van der Waals surface area contributed by atoms with Crippen LogP contribution in [0.15, 0.2) is 10.9 Å². The highest BCUT2D eigenvalue weighted by Gasteiger charge is 2.60. The highest BCUT2D eigenvalue weighted by atomic mass is 19.4. The highest BCUT2D eigenvalue weighted by Crippen LogP contribution is 2.43. The zero-order valence-electron chi connectivity index (χ0n) is 15.0. The molecular weight excluding hydrogens is 353 g/mol. The highest BCUT2D eigenvalue weighted by molar-refractivity contribution is 5.50. The topological polar surface area (TPSA) is 70.8 Å². The Morgan fingerprint density at radius 3 is 2.46 bits per heavy atom. The van der Waals surface area contributed by atoms with Crippen molar-refractivity contribution in [3.8, 4) is 0 Å². The Kier molecular flexibility index (Phi) is 4.47. The first kappa shape index (κ1) is 19.0. The van der Waals surface area contributed by atoms with Gasteiger partial charge in [-0.15, -0.1) is 0 Å². The molecule has 0 saturated carbocycles. The first-order chi connectivity index (χ1) is 11.9. The summed E-state index contributed by atoms with van der Waals surface area (Å²) >= 11 is 0. The van der Waals surface area contributed by atoms with Crippen molar-refractivity contribution in [1.82, 2.24) is 9.55 Å². The monoisotopic (exact) mass is 376 g/mol. The van der Waals surface area contributed by atoms with E-state index < -0.39 is 29.4 Å². The van der Waals surface area contributed by atoms with Crippen molar-refractivity contribution in [2.24, 2.45) is 0 Å². The van der Waals surface area contributed by atoms with Crippen LogP contribution in [0, 0.1) is 0 Å². The number of aromatic nitrogens is 2. The van der Waals surface area contributed by atoms with E-state index in [-0.39, 0.29) is 12.5 Å². The van der Waals surface area contributed by atoms with Crippen LogP contribution in [0.2, 0.25) is 0 Å². The van der Waals surface area contributed by atoms with E-state index in [1.807, 2.05) is 4.90 Å². The Morgan fingerprint density at radius 2 is 1.92 bits per heavy atom. The second kappa shape index (κ2) is 6.12. The fourth-order valence-electron chi connectivity index (χ4n) is 3.28. The summed E-state index contributed by atoms with van der Waals surface area (Å²) in [6.07, 6.45) is -4.60. The third-order valence-electron chi connectivity index (χ3n) is 4.77. The van der Waals surface area contributed by atoms with Crippen LogP contribution in [0.4, 0.5) is 24.9 Å². The van der Waals surface area contributed by atoms with Crippen molar-refractivity contribution >= 4 is 11.8 Å². The molecule has 146 valence electrons. The summed E-state index contributed by atoms with van der Waals surface area (Å²) in [6.45, 7) is 4.98. The largest absolute Gasteiger partial charge is 0.413 e. The average Bonchev–Trinajstić information content (AvgIpc) is 2.81. The molecule has 1 unspecified atom stereocenters. The fourth-order valence-corrected chi connectivity index (χ4v) is 3.28. The summed E-state index contributed by atoms with van der Waals surface area (Å²) in [5.41, 5.74) is -4.25. The second-order valence-electron chi connectivity index (χ2n) is 7.61. The van der Waals surface area contributed by atoms with Crippen LogP contribution in [0.1, 0.15) is 20.8 Å². The molecular formula is C16H23F3N4O3. The predicted octanol–water partition coefficient (Wildman–Crippen LogP) is 0.992. The van der Waals surface area contributed by atoms with Gasteiger partial charge in [0.1, 0.15) is 5.82 Å². The number of anilines is 2. The molecule has 1 aromatic rings. The van der Waals surface area contributed by atoms with Gasteiger partial charge in [-0.3, -0.25) is 9.36 Å². The van der Waals surface area contributed by atoms with E-state index in [4.69, 9.17) is 4.74 Å². The van der Waals surface area contributed by atoms with Crippen LogP contribution in [-0.2, 0) is 11.3 Å². The van der Waals surface area contributed by atoms with Crippen molar-refractivity contribution in [2.75, 3.05) is 42.6 Å². The number of alkyl halides is 3. The van der Waals surface area contributed by atoms with Gasteiger partial charge >= 0.3 is 6.18 Å². The van der Waals surface area contributed by atoms with E-state index in [0.29, 0.717) is 32.1 Å². The maximum atomic E-state index is 13.8. The van der Waals surface area contributed by atoms with Gasteiger partial charge < -0.3 is 19.6 Å². The smallest absolute Gasteiger partial charge is 0.389 e. The molecule has 0 amide bonds. The van der Waals surface area contributed by atoms with Gasteiger partial charge in [-0.05, 0) is 20.8 Å². The fraction of sp³-hybridized carbons (Fsp3) is 0.750. The Balaban J connectivity index is 2.09. The summed E-state index contributed by atoms with van der Waals surface area (Å²) in [5.74, 6) is 0.262. The maximum absolute atomic E-state index is 13.8. The summed E-state index contributed by atoms with van der Waals surface area (Å²) in [4.78, 5) is 19.7. The minimum Gasteiger partial charge on any atom is -0.389 e. The third kappa shape index (κ3) is 3.27. The lowest BCUT2D eigenvalue weighted by Gasteiger charge is -2.39. The van der Waals surface area contributed by atoms with Gasteiger partial charge in [-0.25, -0.2) is 0 Å². The molecule has 0 radical (unpaired) electrons. The van der Waals surface area contributed by atoms with E-state index in [0.717, 1.165) is 16.4 Å². The summed E-state index contributed by atoms with van der Waals surface area (Å²) in [7, 11) is 0. The Morgan fingerprint density at radius 1 is 1.31 bits per heavy atom. The second-order valence-corrected chi connectivity index (χ2v) is 7.61. The molecule has 2 aliphatic heterocycles. The molecule has 1 atom stereocenters. The number of hydrogen-bond acceptors (Lipinski definition) is 6. The van der Waals surface area contributed by atoms with Crippen LogP contribution in [0.5, 0.6) is 0 Å². The normalized spacial score (nSPS) is 24.1. The number of aliphatic hydroxyl groups is 1. The Bertz CT molecular complexity index is 738. The lowest BCUT2D eigenvalue weighted by atomic mass is 9.98. The lowest BCUT2D eigenvalue weighted by Crippen LogP contribution is -2.59. The summed E-state index contributed by atoms with van der Waals surface area (Å²) < 4.78 is 47.8. The molecule has 1 fully saturated rings. The van der Waals surface area contributed by atoms with Gasteiger partial charge in [0.05, 0.1) is 31.9 Å². The number of morpholine rings is 1. The minimum atomic E-state index is -4.60. The zero-order valence-corrected chi connectivity index (χ0v) is 15.0. The number of ether oxygens (including phenoxy) is 1. The van der Waals surface area contributed by atoms with Crippen molar-refractivity contribution in [3.05, 3.63) is 16.4 Å². The number of fused-ring (bicyclic) bond motifs is 1. The van der Waals surface area contributed by atoms with Gasteiger partial charge in [0.2, 0.25) is 5.95 Å². The van der Waals surface area contributed by atoms with Crippen LogP contribution in [-0.4, -0.2) is 64.8 Å². The van der Waals surface area contributed by atoms with Crippen LogP contribution >= 0.6 is 0 Å². The number of hydrogen-bond donors (Lipinski definition) is 1. The predicted molar refractivity (Wildman–Crippen MR) is 89.6 cm³/mol. The molecule has 10 heteroatoms. The van der Waals surface area contributed by atoms with E-state index in [2.05, 4.69) is 4.98 Å². The molecule has 1 aromatic heterocycles. The molecule has 0 aromatic carbocycles. The molecule has 0 bridgehead atoms. The van der Waals surface area contributed by atoms with Crippen molar-refractivity contribution in [3.63, 3.8) is 0 Å². The molecule has 26 heavy (non-hydrogen) atoms. The quantitative estimate of drug-likeness (QED) is 0.849. The molecule has 1 saturated heterocycles. The Hall–Kier alpha value is -1.81. The average molecular weight is 376 g/mol. The molecule has 0 spiro atoms. The third-order valence-corrected chi connectivity index (χ3v) is 4.77. The zero-order chi connectivity index (χ0) is 19.3. The van der Waals surface area contributed by atoms with Gasteiger partial charge in [0.15, 0.2) is 5.54 Å². The van der Waals surface area contributed by atoms with Crippen LogP contribution in [0.25, 0.3) is 0 Å². The first-order valence-electron chi connectivity index (χ1n) is 8.44. The van der Waals surface area contributed by atoms with Crippen molar-refractivity contribution in [1.29, 1.82) is 0 Å². The molecule has 3 heterocycles. The van der Waals surface area contributed by atoms with Gasteiger partial charge in [0.25, 0.3) is 5.56 Å². The minimum absolute atomic E-state index is 0.0686. The van der Waals surface area contributed by atoms with Crippen LogP contribution in [0.3, 0.4) is 0 Å². The summed E-state index contributed by atoms with van der Waals surface area (Å²) in [5, 5.41) is 10.1. The maximum Gasteiger partial charge on any atom is 0.413 e. The number of halogens is 3. The van der Waals surface area contributed by atoms with Gasteiger partial charge in [-0.1, -0.05) is 0 Å². The van der Waals surface area contributed by atoms with E-state index >= 15 is 0 Å². The van der Waals surface area contributed by atoms with E-state index in [9.17, 15) is 23.1 Å². The van der Waals surface area contributed by atoms with Crippen molar-refractivity contribution < 1.29 is 23.0 Å². The molecule has 0 aliphatic carbocycles. The van der Waals surface area contributed by atoms with E-state index in [1.54, 1.807) is 0 Å². The van der Waals surface area contributed by atoms with E-state index in [1.165, 1.54) is 19.9 Å². The molecule has 3 rings (SSSR count). The lowest BCUT2D eigenvalue weighted by molar-refractivity contribution is -0.183. The Labute approximate surface area is 149 Å². The SMILES string of the molecule is CC(C)(O)CN1c2nc(N3CCOCC3)cc(=O)n2CC1(C)C(F)(F)F. The standard InChI is InChI=1S/C16H23F3N4O3/c1-14(2,25)9-23-13-20-11(21-4-6-26-7-5-21)8-12(24)22(13)10-15(23,3)16(17,18)19/h8,25H,4-7,9-10H2,1-3H3. The number of β-amino-alcohol motifs (C(OH)–C–C–N with tert-alkyl or cyclic N) is 1. The van der Waals surface area contributed by atoms with Gasteiger partial charge in [-0.2, -0.15) is 18.2 Å². The molecule has 7 nitrogen and oxygen atoms in total. The number of rotatable bonds is 3. The summed E-state index contributed by atoms with van der Waals surface area (Å²) in [6, 6.07) is 1.26. The molecule has 2 aliphatic rings. The number of nitrogens with zero attached hydrogens (tertiary/aromatic N) is 4. The van der Waals surface area contributed by atoms with Crippen molar-refractivity contribution in [2.45, 2.75) is 44.6 Å².